The number of nitrogens with zero attached hydrogens (tertiary/aromatic N) is 5. The van der Waals surface area contributed by atoms with Gasteiger partial charge in [-0.25, -0.2) is 11.2 Å². The smallest absolute Gasteiger partial charge is 0.110 e. The molecular weight excluding hydrogens is 346 g/mol. The molecule has 0 aromatic carbocycles. The summed E-state index contributed by atoms with van der Waals surface area (Å²) in [5.41, 5.74) is 0.616. The van der Waals surface area contributed by atoms with E-state index in [-0.39, 0.29) is 20.1 Å². The normalized spacial score (nSPS) is 9.31. The molecule has 0 N–H and O–H groups in total. The van der Waals surface area contributed by atoms with E-state index in [9.17, 15) is 0 Å². The molecule has 0 saturated heterocycles. The Labute approximate surface area is 88.6 Å². The molecule has 2 heterocycles. The van der Waals surface area contributed by atoms with Crippen molar-refractivity contribution in [1.29, 1.82) is 0 Å². The predicted octanol–water partition coefficient (Wildman–Crippen LogP) is 0.0698. The Morgan fingerprint density at radius 3 is 2.77 bits per heavy atom. The Morgan fingerprint density at radius 1 is 1.38 bits per heavy atom. The first kappa shape index (κ1) is 9.95. The zero-order valence-electron chi connectivity index (χ0n) is 6.80. The minimum atomic E-state index is 0. The van der Waals surface area contributed by atoms with Crippen molar-refractivity contribution in [2.24, 2.45) is 7.05 Å². The second-order valence-electron chi connectivity index (χ2n) is 2.26. The number of hydrogen-bond acceptors (Lipinski definition) is 4. The SMILES string of the molecule is Cn1cnc(-c2[c-]cncn2)n1.[Ir]. The minimum Gasteiger partial charge on any atom is -0.311 e. The minimum absolute atomic E-state index is 0. The molecule has 0 spiro atoms. The first-order chi connectivity index (χ1) is 5.86. The van der Waals surface area contributed by atoms with Crippen molar-refractivity contribution in [2.45, 2.75) is 0 Å². The maximum absolute atomic E-state index is 4.06. The number of aromatic nitrogens is 5. The largest absolute Gasteiger partial charge is 0.311 e. The summed E-state index contributed by atoms with van der Waals surface area (Å²) in [6.07, 6.45) is 4.60. The number of hydrogen-bond donors (Lipinski definition) is 0. The van der Waals surface area contributed by atoms with Crippen molar-refractivity contribution < 1.29 is 20.1 Å². The third-order valence-electron chi connectivity index (χ3n) is 1.34. The van der Waals surface area contributed by atoms with E-state index < -0.39 is 0 Å². The molecule has 0 fully saturated rings. The Kier molecular flexibility index (Phi) is 3.22. The Morgan fingerprint density at radius 2 is 2.23 bits per heavy atom. The molecule has 2 rings (SSSR count). The third kappa shape index (κ3) is 2.17. The van der Waals surface area contributed by atoms with Crippen LogP contribution in [0.25, 0.3) is 11.5 Å². The van der Waals surface area contributed by atoms with Gasteiger partial charge in [-0.2, -0.15) is 0 Å². The maximum atomic E-state index is 4.06. The van der Waals surface area contributed by atoms with Crippen molar-refractivity contribution in [2.75, 3.05) is 0 Å². The second-order valence-corrected chi connectivity index (χ2v) is 2.26. The molecule has 2 aromatic heterocycles. The van der Waals surface area contributed by atoms with Gasteiger partial charge in [-0.05, 0) is 0 Å². The summed E-state index contributed by atoms with van der Waals surface area (Å²) in [6, 6.07) is 2.84. The molecule has 1 radical (unpaired) electrons. The average Bonchev–Trinajstić information content (AvgIpc) is 2.54. The van der Waals surface area contributed by atoms with Gasteiger partial charge in [0.1, 0.15) is 6.33 Å². The van der Waals surface area contributed by atoms with Crippen molar-refractivity contribution in [3.63, 3.8) is 0 Å². The van der Waals surface area contributed by atoms with Crippen LogP contribution in [0.15, 0.2) is 18.9 Å². The summed E-state index contributed by atoms with van der Waals surface area (Å²) in [6.45, 7) is 0. The quantitative estimate of drug-likeness (QED) is 0.682. The fraction of sp³-hybridized carbons (Fsp3) is 0.143. The first-order valence-corrected chi connectivity index (χ1v) is 3.40. The van der Waals surface area contributed by atoms with E-state index in [1.54, 1.807) is 24.3 Å². The van der Waals surface area contributed by atoms with Crippen LogP contribution in [0.4, 0.5) is 0 Å². The molecule has 0 atom stereocenters. The molecule has 0 aliphatic rings. The molecule has 5 nitrogen and oxygen atoms in total. The summed E-state index contributed by atoms with van der Waals surface area (Å²) in [7, 11) is 1.80. The Balaban J connectivity index is 0.000000845. The van der Waals surface area contributed by atoms with Gasteiger partial charge in [0, 0.05) is 33.0 Å². The molecular formula is C7H6IrN5-. The fourth-order valence-electron chi connectivity index (χ4n) is 0.830. The molecule has 6 heteroatoms. The van der Waals surface area contributed by atoms with Crippen LogP contribution in [0, 0.1) is 6.07 Å². The van der Waals surface area contributed by atoms with E-state index >= 15 is 0 Å². The summed E-state index contributed by atoms with van der Waals surface area (Å²) in [4.78, 5) is 11.7. The second kappa shape index (κ2) is 4.20. The molecule has 0 amide bonds. The number of rotatable bonds is 1. The molecule has 0 aliphatic carbocycles. The zero-order valence-corrected chi connectivity index (χ0v) is 9.20. The van der Waals surface area contributed by atoms with Crippen LogP contribution in [0.1, 0.15) is 0 Å². The predicted molar refractivity (Wildman–Crippen MR) is 40.9 cm³/mol. The Bertz CT molecular complexity index is 371. The molecule has 13 heavy (non-hydrogen) atoms. The molecule has 69 valence electrons. The van der Waals surface area contributed by atoms with Gasteiger partial charge < -0.3 is 4.98 Å². The van der Waals surface area contributed by atoms with Gasteiger partial charge in [0.2, 0.25) is 0 Å². The van der Waals surface area contributed by atoms with E-state index in [4.69, 9.17) is 0 Å². The van der Waals surface area contributed by atoms with Crippen LogP contribution in [0.3, 0.4) is 0 Å². The third-order valence-corrected chi connectivity index (χ3v) is 1.34. The molecule has 0 aliphatic heterocycles. The van der Waals surface area contributed by atoms with E-state index in [1.165, 1.54) is 6.33 Å². The van der Waals surface area contributed by atoms with Gasteiger partial charge in [0.15, 0.2) is 0 Å². The summed E-state index contributed by atoms with van der Waals surface area (Å²) in [5, 5.41) is 4.06. The van der Waals surface area contributed by atoms with Gasteiger partial charge in [0.25, 0.3) is 0 Å². The van der Waals surface area contributed by atoms with Crippen molar-refractivity contribution in [1.82, 2.24) is 24.7 Å². The van der Waals surface area contributed by atoms with Gasteiger partial charge >= 0.3 is 0 Å². The molecule has 0 saturated carbocycles. The maximum Gasteiger partial charge on any atom is 0.110 e. The molecule has 0 unspecified atom stereocenters. The van der Waals surface area contributed by atoms with E-state index in [0.717, 1.165) is 0 Å². The molecule has 2 aromatic rings. The summed E-state index contributed by atoms with van der Waals surface area (Å²) < 4.78 is 1.62. The van der Waals surface area contributed by atoms with E-state index in [0.29, 0.717) is 11.5 Å². The molecule has 0 bridgehead atoms. The van der Waals surface area contributed by atoms with Gasteiger partial charge in [0.05, 0.1) is 6.33 Å². The van der Waals surface area contributed by atoms with Crippen LogP contribution in [0.5, 0.6) is 0 Å². The van der Waals surface area contributed by atoms with Crippen molar-refractivity contribution >= 4 is 0 Å². The Hall–Kier alpha value is -1.13. The van der Waals surface area contributed by atoms with Crippen molar-refractivity contribution in [3.05, 3.63) is 24.9 Å². The van der Waals surface area contributed by atoms with Crippen LogP contribution in [-0.2, 0) is 27.2 Å². The van der Waals surface area contributed by atoms with Gasteiger partial charge in [-0.1, -0.05) is 11.9 Å². The van der Waals surface area contributed by atoms with E-state index in [2.05, 4.69) is 26.1 Å². The van der Waals surface area contributed by atoms with Crippen LogP contribution in [0.2, 0.25) is 0 Å². The summed E-state index contributed by atoms with van der Waals surface area (Å²) in [5.74, 6) is 0.569. The topological polar surface area (TPSA) is 56.5 Å². The van der Waals surface area contributed by atoms with Crippen molar-refractivity contribution in [3.8, 4) is 11.5 Å². The first-order valence-electron chi connectivity index (χ1n) is 3.40. The standard InChI is InChI=1S/C7H6N5.Ir/c1-12-5-10-7(11-12)6-2-3-8-4-9-6;/h3-5H,1H3;/q-1;. The summed E-state index contributed by atoms with van der Waals surface area (Å²) >= 11 is 0. The van der Waals surface area contributed by atoms with Gasteiger partial charge in [-0.3, -0.25) is 14.6 Å². The zero-order chi connectivity index (χ0) is 8.39. The van der Waals surface area contributed by atoms with Gasteiger partial charge in [-0.15, -0.1) is 0 Å². The van der Waals surface area contributed by atoms with E-state index in [1.807, 2.05) is 0 Å². The van der Waals surface area contributed by atoms with Crippen LogP contribution >= 0.6 is 0 Å². The fourth-order valence-corrected chi connectivity index (χ4v) is 0.830. The van der Waals surface area contributed by atoms with Crippen LogP contribution in [-0.4, -0.2) is 24.7 Å². The van der Waals surface area contributed by atoms with Crippen LogP contribution < -0.4 is 0 Å². The monoisotopic (exact) mass is 353 g/mol. The number of aryl methyl sites for hydroxylation is 1. The average molecular weight is 352 g/mol.